The van der Waals surface area contributed by atoms with Crippen molar-refractivity contribution in [2.75, 3.05) is 0 Å². The Morgan fingerprint density at radius 3 is 2.56 bits per heavy atom. The highest BCUT2D eigenvalue weighted by molar-refractivity contribution is 5.84. The number of hydrogen-bond donors (Lipinski definition) is 1. The Morgan fingerprint density at radius 1 is 0.926 bits per heavy atom. The maximum absolute atomic E-state index is 12.6. The zero-order valence-corrected chi connectivity index (χ0v) is 15.9. The molecule has 3 heteroatoms. The molecule has 0 unspecified atom stereocenters. The molecule has 3 aromatic carbocycles. The van der Waals surface area contributed by atoms with Crippen LogP contribution in [0, 0.1) is 0 Å². The highest BCUT2D eigenvalue weighted by Crippen LogP contribution is 2.26. The van der Waals surface area contributed by atoms with Crippen molar-refractivity contribution in [2.45, 2.75) is 45.3 Å². The smallest absolute Gasteiger partial charge is 0.261 e. The van der Waals surface area contributed by atoms with Crippen molar-refractivity contribution in [3.63, 3.8) is 0 Å². The highest BCUT2D eigenvalue weighted by atomic mass is 16.5. The zero-order valence-electron chi connectivity index (χ0n) is 15.9. The van der Waals surface area contributed by atoms with E-state index in [0.29, 0.717) is 5.75 Å². The molecular weight excluding hydrogens is 334 g/mol. The molecule has 1 aliphatic carbocycles. The summed E-state index contributed by atoms with van der Waals surface area (Å²) in [6, 6.07) is 20.6. The zero-order chi connectivity index (χ0) is 18.8. The lowest BCUT2D eigenvalue weighted by atomic mass is 10.0. The Balaban J connectivity index is 1.40. The maximum Gasteiger partial charge on any atom is 0.261 e. The molecule has 2 atom stereocenters. The van der Waals surface area contributed by atoms with E-state index < -0.39 is 6.10 Å². The van der Waals surface area contributed by atoms with Gasteiger partial charge in [0, 0.05) is 0 Å². The second-order valence-corrected chi connectivity index (χ2v) is 7.38. The van der Waals surface area contributed by atoms with Gasteiger partial charge in [-0.3, -0.25) is 4.79 Å². The number of ether oxygens (including phenoxy) is 1. The molecule has 138 valence electrons. The number of carbonyl (C=O) groups is 1. The van der Waals surface area contributed by atoms with Gasteiger partial charge in [-0.05, 0) is 72.7 Å². The van der Waals surface area contributed by atoms with Gasteiger partial charge in [-0.25, -0.2) is 0 Å². The minimum absolute atomic E-state index is 0.0361. The standard InChI is InChI=1S/C24H25NO2/c1-16(20-11-10-19-8-5-9-21(19)14-20)25-24(26)17(2)27-23-13-12-18-6-3-4-7-22(18)15-23/h3-4,6-7,10-17H,5,8-9H2,1-2H3,(H,25,26)/t16-,17-/m1/s1. The quantitative estimate of drug-likeness (QED) is 0.698. The highest BCUT2D eigenvalue weighted by Gasteiger charge is 2.19. The number of aryl methyl sites for hydroxylation is 2. The Hall–Kier alpha value is -2.81. The first kappa shape index (κ1) is 17.6. The van der Waals surface area contributed by atoms with Gasteiger partial charge in [0.25, 0.3) is 5.91 Å². The predicted molar refractivity (Wildman–Crippen MR) is 109 cm³/mol. The largest absolute Gasteiger partial charge is 0.481 e. The van der Waals surface area contributed by atoms with E-state index in [1.807, 2.05) is 43.3 Å². The Morgan fingerprint density at radius 2 is 1.70 bits per heavy atom. The first-order valence-corrected chi connectivity index (χ1v) is 9.68. The third-order valence-corrected chi connectivity index (χ3v) is 5.38. The van der Waals surface area contributed by atoms with Crippen molar-refractivity contribution in [3.05, 3.63) is 77.4 Å². The molecule has 1 aliphatic rings. The lowest BCUT2D eigenvalue weighted by Crippen LogP contribution is -2.37. The second-order valence-electron chi connectivity index (χ2n) is 7.38. The summed E-state index contributed by atoms with van der Waals surface area (Å²) in [6.07, 6.45) is 3.00. The van der Waals surface area contributed by atoms with Gasteiger partial charge in [0.05, 0.1) is 6.04 Å². The molecule has 3 aromatic rings. The molecule has 0 fully saturated rings. The Labute approximate surface area is 160 Å². The van der Waals surface area contributed by atoms with Gasteiger partial charge in [-0.15, -0.1) is 0 Å². The van der Waals surface area contributed by atoms with Crippen molar-refractivity contribution in [1.29, 1.82) is 0 Å². The third-order valence-electron chi connectivity index (χ3n) is 5.38. The van der Waals surface area contributed by atoms with Gasteiger partial charge in [0.1, 0.15) is 5.75 Å². The molecular formula is C24H25NO2. The number of amides is 1. The van der Waals surface area contributed by atoms with E-state index in [1.54, 1.807) is 6.92 Å². The van der Waals surface area contributed by atoms with Crippen molar-refractivity contribution < 1.29 is 9.53 Å². The molecule has 1 amide bonds. The number of rotatable bonds is 5. The molecule has 4 rings (SSSR count). The van der Waals surface area contributed by atoms with E-state index in [0.717, 1.165) is 22.8 Å². The van der Waals surface area contributed by atoms with Gasteiger partial charge in [-0.1, -0.05) is 48.5 Å². The fourth-order valence-electron chi connectivity index (χ4n) is 3.77. The number of hydrogen-bond acceptors (Lipinski definition) is 2. The lowest BCUT2D eigenvalue weighted by molar-refractivity contribution is -0.127. The maximum atomic E-state index is 12.6. The third kappa shape index (κ3) is 3.82. The van der Waals surface area contributed by atoms with Crippen LogP contribution < -0.4 is 10.1 Å². The van der Waals surface area contributed by atoms with Crippen LogP contribution in [0.15, 0.2) is 60.7 Å². The summed E-state index contributed by atoms with van der Waals surface area (Å²) >= 11 is 0. The Kier molecular flexibility index (Phi) is 4.85. The first-order valence-electron chi connectivity index (χ1n) is 9.68. The van der Waals surface area contributed by atoms with Crippen LogP contribution in [0.3, 0.4) is 0 Å². The van der Waals surface area contributed by atoms with Gasteiger partial charge in [0.2, 0.25) is 0 Å². The summed E-state index contributed by atoms with van der Waals surface area (Å²) in [5, 5.41) is 5.35. The normalized spacial score (nSPS) is 15.2. The molecule has 0 bridgehead atoms. The summed E-state index contributed by atoms with van der Waals surface area (Å²) in [7, 11) is 0. The Bertz CT molecular complexity index is 979. The molecule has 0 aromatic heterocycles. The molecule has 0 saturated heterocycles. The molecule has 0 heterocycles. The van der Waals surface area contributed by atoms with Crippen molar-refractivity contribution in [2.24, 2.45) is 0 Å². The second kappa shape index (κ2) is 7.43. The molecule has 0 radical (unpaired) electrons. The van der Waals surface area contributed by atoms with Gasteiger partial charge in [-0.2, -0.15) is 0 Å². The van der Waals surface area contributed by atoms with Crippen LogP contribution in [0.4, 0.5) is 0 Å². The first-order chi connectivity index (χ1) is 13.1. The van der Waals surface area contributed by atoms with E-state index in [9.17, 15) is 4.79 Å². The van der Waals surface area contributed by atoms with Crippen LogP contribution in [0.25, 0.3) is 10.8 Å². The molecule has 0 aliphatic heterocycles. The van der Waals surface area contributed by atoms with E-state index in [4.69, 9.17) is 4.74 Å². The molecule has 1 N–H and O–H groups in total. The summed E-state index contributed by atoms with van der Waals surface area (Å²) in [5.41, 5.74) is 4.03. The molecule has 3 nitrogen and oxygen atoms in total. The van der Waals surface area contributed by atoms with E-state index in [-0.39, 0.29) is 11.9 Å². The van der Waals surface area contributed by atoms with Crippen LogP contribution in [0.1, 0.15) is 43.0 Å². The minimum Gasteiger partial charge on any atom is -0.481 e. The fourth-order valence-corrected chi connectivity index (χ4v) is 3.77. The summed E-state index contributed by atoms with van der Waals surface area (Å²) in [5.74, 6) is 0.609. The molecule has 0 saturated carbocycles. The van der Waals surface area contributed by atoms with E-state index >= 15 is 0 Å². The number of carbonyl (C=O) groups excluding carboxylic acids is 1. The molecule has 27 heavy (non-hydrogen) atoms. The van der Waals surface area contributed by atoms with Gasteiger partial charge < -0.3 is 10.1 Å². The topological polar surface area (TPSA) is 38.3 Å². The minimum atomic E-state index is -0.553. The van der Waals surface area contributed by atoms with Crippen molar-refractivity contribution >= 4 is 16.7 Å². The number of nitrogens with one attached hydrogen (secondary N) is 1. The number of benzene rings is 3. The fraction of sp³-hybridized carbons (Fsp3) is 0.292. The lowest BCUT2D eigenvalue weighted by Gasteiger charge is -2.20. The van der Waals surface area contributed by atoms with Gasteiger partial charge >= 0.3 is 0 Å². The number of fused-ring (bicyclic) bond motifs is 2. The van der Waals surface area contributed by atoms with Crippen LogP contribution in [-0.2, 0) is 17.6 Å². The summed E-state index contributed by atoms with van der Waals surface area (Å²) in [4.78, 5) is 12.6. The van der Waals surface area contributed by atoms with E-state index in [1.165, 1.54) is 24.0 Å². The van der Waals surface area contributed by atoms with Crippen LogP contribution in [-0.4, -0.2) is 12.0 Å². The molecule has 0 spiro atoms. The summed E-state index contributed by atoms with van der Waals surface area (Å²) < 4.78 is 5.88. The van der Waals surface area contributed by atoms with Crippen LogP contribution in [0.5, 0.6) is 5.75 Å². The van der Waals surface area contributed by atoms with Crippen molar-refractivity contribution in [1.82, 2.24) is 5.32 Å². The SMILES string of the molecule is C[C@@H](Oc1ccc2ccccc2c1)C(=O)N[C@H](C)c1ccc2c(c1)CCC2. The van der Waals surface area contributed by atoms with Crippen molar-refractivity contribution in [3.8, 4) is 5.75 Å². The summed E-state index contributed by atoms with van der Waals surface area (Å²) in [6.45, 7) is 3.82. The van der Waals surface area contributed by atoms with Crippen LogP contribution in [0.2, 0.25) is 0 Å². The van der Waals surface area contributed by atoms with Gasteiger partial charge in [0.15, 0.2) is 6.10 Å². The monoisotopic (exact) mass is 359 g/mol. The van der Waals surface area contributed by atoms with Crippen LogP contribution >= 0.6 is 0 Å². The van der Waals surface area contributed by atoms with E-state index in [2.05, 4.69) is 29.6 Å². The predicted octanol–water partition coefficient (Wildman–Crippen LogP) is 4.97. The average molecular weight is 359 g/mol. The average Bonchev–Trinajstić information content (AvgIpc) is 3.15.